The summed E-state index contributed by atoms with van der Waals surface area (Å²) in [6.07, 6.45) is 3.79. The van der Waals surface area contributed by atoms with E-state index < -0.39 is 0 Å². The van der Waals surface area contributed by atoms with Gasteiger partial charge in [0.05, 0.1) is 6.26 Å². The molecule has 2 heterocycles. The maximum absolute atomic E-state index is 5.87. The van der Waals surface area contributed by atoms with E-state index in [4.69, 9.17) is 21.8 Å². The zero-order valence-corrected chi connectivity index (χ0v) is 8.03. The average molecular weight is 210 g/mol. The van der Waals surface area contributed by atoms with E-state index in [0.29, 0.717) is 11.6 Å². The summed E-state index contributed by atoms with van der Waals surface area (Å²) < 4.78 is 5.18. The van der Waals surface area contributed by atoms with Crippen molar-refractivity contribution in [1.82, 2.24) is 9.97 Å². The molecule has 14 heavy (non-hydrogen) atoms. The number of nitrogens with two attached hydrogens (primary N) is 1. The molecule has 0 radical (unpaired) electrons. The Morgan fingerprint density at radius 3 is 3.00 bits per heavy atom. The summed E-state index contributed by atoms with van der Waals surface area (Å²) in [6, 6.07) is 3.69. The van der Waals surface area contributed by atoms with Crippen LogP contribution in [0.5, 0.6) is 0 Å². The molecule has 0 aliphatic carbocycles. The van der Waals surface area contributed by atoms with Crippen LogP contribution in [-0.4, -0.2) is 9.97 Å². The average Bonchev–Trinajstić information content (AvgIpc) is 2.62. The third-order valence-corrected chi connectivity index (χ3v) is 2.10. The summed E-state index contributed by atoms with van der Waals surface area (Å²) >= 11 is 5.87. The fourth-order valence-corrected chi connectivity index (χ4v) is 1.32. The van der Waals surface area contributed by atoms with Gasteiger partial charge in [-0.2, -0.15) is 0 Å². The van der Waals surface area contributed by atoms with Crippen LogP contribution in [0.2, 0.25) is 5.15 Å². The molecule has 2 rings (SSSR count). The molecular weight excluding hydrogens is 202 g/mol. The molecule has 0 aliphatic rings. The Bertz CT molecular complexity index is 428. The van der Waals surface area contributed by atoms with E-state index in [9.17, 15) is 0 Å². The lowest BCUT2D eigenvalue weighted by atomic mass is 10.2. The molecule has 0 saturated heterocycles. The van der Waals surface area contributed by atoms with Gasteiger partial charge in [-0.1, -0.05) is 11.6 Å². The number of aromatic nitrogens is 2. The Hall–Kier alpha value is -1.55. The largest absolute Gasteiger partial charge is 0.469 e. The minimum absolute atomic E-state index is 0.179. The number of nitrogen functional groups attached to an aromatic ring is 1. The molecule has 2 N–H and O–H groups in total. The Labute approximate surface area is 85.7 Å². The van der Waals surface area contributed by atoms with Crippen molar-refractivity contribution >= 4 is 17.5 Å². The third kappa shape index (κ3) is 1.85. The summed E-state index contributed by atoms with van der Waals surface area (Å²) in [5.74, 6) is 0.999. The van der Waals surface area contributed by atoms with Crippen LogP contribution in [0.15, 0.2) is 29.0 Å². The first-order chi connectivity index (χ1) is 6.75. The molecule has 0 saturated carbocycles. The van der Waals surface area contributed by atoms with Gasteiger partial charge in [0.2, 0.25) is 5.95 Å². The van der Waals surface area contributed by atoms with Gasteiger partial charge in [-0.05, 0) is 12.1 Å². The smallest absolute Gasteiger partial charge is 0.221 e. The normalized spacial score (nSPS) is 10.4. The van der Waals surface area contributed by atoms with Crippen LogP contribution >= 0.6 is 11.6 Å². The van der Waals surface area contributed by atoms with Gasteiger partial charge in [-0.25, -0.2) is 9.97 Å². The second-order valence-corrected chi connectivity index (χ2v) is 3.16. The molecular formula is C9H8ClN3O. The van der Waals surface area contributed by atoms with Gasteiger partial charge in [0.1, 0.15) is 10.9 Å². The Kier molecular flexibility index (Phi) is 2.37. The lowest BCUT2D eigenvalue weighted by Crippen LogP contribution is -1.98. The quantitative estimate of drug-likeness (QED) is 0.768. The van der Waals surface area contributed by atoms with E-state index >= 15 is 0 Å². The molecule has 72 valence electrons. The van der Waals surface area contributed by atoms with Crippen molar-refractivity contribution in [2.24, 2.45) is 0 Å². The number of hydrogen-bond donors (Lipinski definition) is 1. The molecule has 0 aromatic carbocycles. The van der Waals surface area contributed by atoms with E-state index in [0.717, 1.165) is 11.3 Å². The highest BCUT2D eigenvalue weighted by atomic mass is 35.5. The maximum Gasteiger partial charge on any atom is 0.221 e. The van der Waals surface area contributed by atoms with Gasteiger partial charge in [-0.3, -0.25) is 0 Å². The highest BCUT2D eigenvalue weighted by molar-refractivity contribution is 6.30. The molecule has 0 amide bonds. The maximum atomic E-state index is 5.87. The van der Waals surface area contributed by atoms with Crippen LogP contribution in [-0.2, 0) is 6.42 Å². The monoisotopic (exact) mass is 209 g/mol. The summed E-state index contributed by atoms with van der Waals surface area (Å²) in [5, 5.41) is 0.369. The van der Waals surface area contributed by atoms with Crippen LogP contribution in [0.3, 0.4) is 0 Å². The Morgan fingerprint density at radius 1 is 1.50 bits per heavy atom. The van der Waals surface area contributed by atoms with Crippen LogP contribution in [0.25, 0.3) is 0 Å². The third-order valence-electron chi connectivity index (χ3n) is 1.78. The highest BCUT2D eigenvalue weighted by Crippen LogP contribution is 2.17. The van der Waals surface area contributed by atoms with Crippen LogP contribution in [0, 0.1) is 0 Å². The van der Waals surface area contributed by atoms with Crippen molar-refractivity contribution in [2.45, 2.75) is 6.42 Å². The molecule has 0 bridgehead atoms. The molecule has 0 atom stereocenters. The number of hydrogen-bond acceptors (Lipinski definition) is 4. The zero-order valence-electron chi connectivity index (χ0n) is 7.27. The first kappa shape index (κ1) is 9.02. The molecule has 0 fully saturated rings. The van der Waals surface area contributed by atoms with E-state index in [1.165, 1.54) is 0 Å². The number of nitrogens with zero attached hydrogens (tertiary/aromatic N) is 2. The molecule has 5 heteroatoms. The lowest BCUT2D eigenvalue weighted by Gasteiger charge is -2.00. The van der Waals surface area contributed by atoms with Crippen molar-refractivity contribution in [1.29, 1.82) is 0 Å². The number of rotatable bonds is 2. The fraction of sp³-hybridized carbons (Fsp3) is 0.111. The number of halogens is 1. The van der Waals surface area contributed by atoms with Crippen LogP contribution in [0.1, 0.15) is 11.3 Å². The standard InChI is InChI=1S/C9H8ClN3O/c10-8-6(5-12-9(11)13-8)4-7-2-1-3-14-7/h1-3,5H,4H2,(H2,11,12,13). The first-order valence-corrected chi connectivity index (χ1v) is 4.43. The predicted octanol–water partition coefficient (Wildman–Crippen LogP) is 1.90. The molecule has 0 unspecified atom stereocenters. The Balaban J connectivity index is 2.25. The lowest BCUT2D eigenvalue weighted by molar-refractivity contribution is 0.520. The summed E-state index contributed by atoms with van der Waals surface area (Å²) in [5.41, 5.74) is 6.17. The first-order valence-electron chi connectivity index (χ1n) is 4.05. The molecule has 0 spiro atoms. The number of furan rings is 1. The van der Waals surface area contributed by atoms with Crippen molar-refractivity contribution in [2.75, 3.05) is 5.73 Å². The topological polar surface area (TPSA) is 64.9 Å². The van der Waals surface area contributed by atoms with Crippen molar-refractivity contribution in [3.63, 3.8) is 0 Å². The summed E-state index contributed by atoms with van der Waals surface area (Å²) in [7, 11) is 0. The van der Waals surface area contributed by atoms with E-state index in [1.54, 1.807) is 12.5 Å². The van der Waals surface area contributed by atoms with Gasteiger partial charge >= 0.3 is 0 Å². The van der Waals surface area contributed by atoms with Crippen LogP contribution in [0.4, 0.5) is 5.95 Å². The Morgan fingerprint density at radius 2 is 2.36 bits per heavy atom. The predicted molar refractivity (Wildman–Crippen MR) is 53.0 cm³/mol. The second kappa shape index (κ2) is 3.67. The minimum atomic E-state index is 0.179. The number of anilines is 1. The van der Waals surface area contributed by atoms with E-state index in [2.05, 4.69) is 9.97 Å². The second-order valence-electron chi connectivity index (χ2n) is 2.80. The molecule has 0 aliphatic heterocycles. The molecule has 4 nitrogen and oxygen atoms in total. The zero-order chi connectivity index (χ0) is 9.97. The van der Waals surface area contributed by atoms with Gasteiger partial charge < -0.3 is 10.2 Å². The van der Waals surface area contributed by atoms with Gasteiger partial charge in [0.25, 0.3) is 0 Å². The van der Waals surface area contributed by atoms with Crippen molar-refractivity contribution in [3.05, 3.63) is 41.1 Å². The summed E-state index contributed by atoms with van der Waals surface area (Å²) in [4.78, 5) is 7.71. The highest BCUT2D eigenvalue weighted by Gasteiger charge is 2.05. The van der Waals surface area contributed by atoms with Crippen molar-refractivity contribution in [3.8, 4) is 0 Å². The van der Waals surface area contributed by atoms with Gasteiger partial charge in [0.15, 0.2) is 0 Å². The van der Waals surface area contributed by atoms with Crippen molar-refractivity contribution < 1.29 is 4.42 Å². The van der Waals surface area contributed by atoms with E-state index in [-0.39, 0.29) is 5.95 Å². The molecule has 2 aromatic rings. The summed E-state index contributed by atoms with van der Waals surface area (Å²) in [6.45, 7) is 0. The van der Waals surface area contributed by atoms with Crippen LogP contribution < -0.4 is 5.73 Å². The molecule has 2 aromatic heterocycles. The fourth-order valence-electron chi connectivity index (χ4n) is 1.12. The minimum Gasteiger partial charge on any atom is -0.469 e. The van der Waals surface area contributed by atoms with Gasteiger partial charge in [-0.15, -0.1) is 0 Å². The SMILES string of the molecule is Nc1ncc(Cc2ccco2)c(Cl)n1. The van der Waals surface area contributed by atoms with Gasteiger partial charge in [0, 0.05) is 18.2 Å². The van der Waals surface area contributed by atoms with E-state index in [1.807, 2.05) is 12.1 Å².